The number of nitrogens with zero attached hydrogens (tertiary/aromatic N) is 1. The summed E-state index contributed by atoms with van der Waals surface area (Å²) >= 11 is 0. The fourth-order valence-electron chi connectivity index (χ4n) is 1.60. The van der Waals surface area contributed by atoms with Crippen LogP contribution in [0.5, 0.6) is 0 Å². The molecular formula is C10H21NO. The summed E-state index contributed by atoms with van der Waals surface area (Å²) < 4.78 is 0. The first-order valence-corrected chi connectivity index (χ1v) is 5.03. The van der Waals surface area contributed by atoms with Crippen molar-refractivity contribution in [1.82, 2.24) is 0 Å². The Bertz CT molecular complexity index is 126. The first-order chi connectivity index (χ1) is 5.84. The molecule has 0 aromatic rings. The van der Waals surface area contributed by atoms with E-state index in [0.29, 0.717) is 5.92 Å². The van der Waals surface area contributed by atoms with E-state index in [0.717, 1.165) is 5.71 Å². The van der Waals surface area contributed by atoms with Gasteiger partial charge in [-0.2, -0.15) is 0 Å². The number of oxime groups is 1. The summed E-state index contributed by atoms with van der Waals surface area (Å²) in [5, 5.41) is 11.7. The van der Waals surface area contributed by atoms with Crippen molar-refractivity contribution >= 4 is 5.71 Å². The van der Waals surface area contributed by atoms with Crippen molar-refractivity contribution in [3.63, 3.8) is 0 Å². The molecule has 0 aromatic heterocycles. The van der Waals surface area contributed by atoms with Gasteiger partial charge in [0.25, 0.3) is 0 Å². The molecule has 2 heteroatoms. The van der Waals surface area contributed by atoms with Crippen LogP contribution in [0.3, 0.4) is 0 Å². The third kappa shape index (κ3) is 3.74. The van der Waals surface area contributed by atoms with Crippen molar-refractivity contribution in [3.8, 4) is 0 Å². The Balaban J connectivity index is 0.000000561. The Labute approximate surface area is 75.7 Å². The summed E-state index contributed by atoms with van der Waals surface area (Å²) in [5.41, 5.74) is 0.916. The summed E-state index contributed by atoms with van der Waals surface area (Å²) in [6.07, 6.45) is 6.40. The fourth-order valence-corrected chi connectivity index (χ4v) is 1.60. The highest BCUT2D eigenvalue weighted by Gasteiger charge is 2.15. The molecule has 2 nitrogen and oxygen atoms in total. The first kappa shape index (κ1) is 11.5. The predicted molar refractivity (Wildman–Crippen MR) is 52.8 cm³/mol. The minimum absolute atomic E-state index is 0.568. The zero-order chi connectivity index (χ0) is 9.40. The van der Waals surface area contributed by atoms with Gasteiger partial charge in [0.1, 0.15) is 0 Å². The molecule has 1 rings (SSSR count). The zero-order valence-electron chi connectivity index (χ0n) is 8.51. The lowest BCUT2D eigenvalue weighted by Crippen LogP contribution is -2.14. The lowest BCUT2D eigenvalue weighted by atomic mass is 9.86. The normalized spacial score (nSPS) is 19.8. The molecule has 0 heterocycles. The Morgan fingerprint density at radius 1 is 1.17 bits per heavy atom. The summed E-state index contributed by atoms with van der Waals surface area (Å²) in [4.78, 5) is 0. The molecule has 0 amide bonds. The van der Waals surface area contributed by atoms with Crippen LogP contribution in [0.15, 0.2) is 5.16 Å². The molecule has 0 unspecified atom stereocenters. The van der Waals surface area contributed by atoms with Gasteiger partial charge in [-0.3, -0.25) is 0 Å². The summed E-state index contributed by atoms with van der Waals surface area (Å²) in [7, 11) is 0. The van der Waals surface area contributed by atoms with Crippen LogP contribution < -0.4 is 0 Å². The van der Waals surface area contributed by atoms with Crippen molar-refractivity contribution in [3.05, 3.63) is 0 Å². The highest BCUT2D eigenvalue weighted by molar-refractivity contribution is 5.83. The van der Waals surface area contributed by atoms with Crippen LogP contribution in [0.4, 0.5) is 0 Å². The minimum Gasteiger partial charge on any atom is -0.411 e. The third-order valence-electron chi connectivity index (χ3n) is 2.35. The number of rotatable bonds is 1. The SMILES string of the molecule is C/C(=N/O)C1CCCCC1.CC. The van der Waals surface area contributed by atoms with Crippen LogP contribution in [-0.4, -0.2) is 10.9 Å². The maximum atomic E-state index is 8.47. The van der Waals surface area contributed by atoms with E-state index in [4.69, 9.17) is 5.21 Å². The second-order valence-electron chi connectivity index (χ2n) is 3.08. The average Bonchev–Trinajstić information content (AvgIpc) is 2.21. The van der Waals surface area contributed by atoms with E-state index in [2.05, 4.69) is 5.16 Å². The molecule has 0 radical (unpaired) electrons. The van der Waals surface area contributed by atoms with Crippen LogP contribution in [0.1, 0.15) is 52.9 Å². The Morgan fingerprint density at radius 2 is 1.67 bits per heavy atom. The van der Waals surface area contributed by atoms with Gasteiger partial charge in [-0.05, 0) is 19.8 Å². The lowest BCUT2D eigenvalue weighted by Gasteiger charge is -2.19. The molecule has 12 heavy (non-hydrogen) atoms. The summed E-state index contributed by atoms with van der Waals surface area (Å²) in [5.74, 6) is 0.568. The summed E-state index contributed by atoms with van der Waals surface area (Å²) in [6, 6.07) is 0. The molecule has 1 N–H and O–H groups in total. The molecule has 0 aliphatic heterocycles. The average molecular weight is 171 g/mol. The van der Waals surface area contributed by atoms with Gasteiger partial charge in [0.2, 0.25) is 0 Å². The van der Waals surface area contributed by atoms with Gasteiger partial charge >= 0.3 is 0 Å². The van der Waals surface area contributed by atoms with Gasteiger partial charge in [0.15, 0.2) is 0 Å². The van der Waals surface area contributed by atoms with Crippen molar-refractivity contribution < 1.29 is 5.21 Å². The Morgan fingerprint density at radius 3 is 2.08 bits per heavy atom. The molecule has 1 aliphatic carbocycles. The van der Waals surface area contributed by atoms with E-state index in [9.17, 15) is 0 Å². The van der Waals surface area contributed by atoms with E-state index in [-0.39, 0.29) is 0 Å². The molecule has 0 atom stereocenters. The van der Waals surface area contributed by atoms with Crippen LogP contribution in [0, 0.1) is 5.92 Å². The van der Waals surface area contributed by atoms with Crippen molar-refractivity contribution in [1.29, 1.82) is 0 Å². The van der Waals surface area contributed by atoms with Crippen molar-refractivity contribution in [2.75, 3.05) is 0 Å². The number of hydrogen-bond acceptors (Lipinski definition) is 2. The lowest BCUT2D eigenvalue weighted by molar-refractivity contribution is 0.309. The first-order valence-electron chi connectivity index (χ1n) is 5.03. The Kier molecular flexibility index (Phi) is 6.82. The van der Waals surface area contributed by atoms with Gasteiger partial charge in [-0.25, -0.2) is 0 Å². The standard InChI is InChI=1S/C8H15NO.C2H6/c1-7(9-10)8-5-3-2-4-6-8;1-2/h8,10H,2-6H2,1H3;1-2H3/b9-7-;. The Hall–Kier alpha value is -0.530. The van der Waals surface area contributed by atoms with Crippen molar-refractivity contribution in [2.45, 2.75) is 52.9 Å². The smallest absolute Gasteiger partial charge is 0.0570 e. The quantitative estimate of drug-likeness (QED) is 0.366. The van der Waals surface area contributed by atoms with Gasteiger partial charge in [0, 0.05) is 5.92 Å². The van der Waals surface area contributed by atoms with E-state index < -0.39 is 0 Å². The second-order valence-corrected chi connectivity index (χ2v) is 3.08. The highest BCUT2D eigenvalue weighted by Crippen LogP contribution is 2.24. The van der Waals surface area contributed by atoms with Gasteiger partial charge < -0.3 is 5.21 Å². The highest BCUT2D eigenvalue weighted by atomic mass is 16.4. The summed E-state index contributed by atoms with van der Waals surface area (Å²) in [6.45, 7) is 5.91. The molecular weight excluding hydrogens is 150 g/mol. The van der Waals surface area contributed by atoms with E-state index in [1.807, 2.05) is 20.8 Å². The molecule has 72 valence electrons. The van der Waals surface area contributed by atoms with E-state index in [1.54, 1.807) is 0 Å². The second kappa shape index (κ2) is 7.14. The van der Waals surface area contributed by atoms with Gasteiger partial charge in [-0.1, -0.05) is 38.3 Å². The largest absolute Gasteiger partial charge is 0.411 e. The van der Waals surface area contributed by atoms with E-state index in [1.165, 1.54) is 32.1 Å². The molecule has 0 aromatic carbocycles. The maximum Gasteiger partial charge on any atom is 0.0570 e. The molecule has 0 spiro atoms. The monoisotopic (exact) mass is 171 g/mol. The fraction of sp³-hybridized carbons (Fsp3) is 0.900. The molecule has 0 bridgehead atoms. The molecule has 1 fully saturated rings. The van der Waals surface area contributed by atoms with Gasteiger partial charge in [-0.15, -0.1) is 0 Å². The van der Waals surface area contributed by atoms with Crippen LogP contribution in [-0.2, 0) is 0 Å². The third-order valence-corrected chi connectivity index (χ3v) is 2.35. The van der Waals surface area contributed by atoms with Crippen LogP contribution in [0.2, 0.25) is 0 Å². The van der Waals surface area contributed by atoms with Crippen LogP contribution >= 0.6 is 0 Å². The minimum atomic E-state index is 0.568. The predicted octanol–water partition coefficient (Wildman–Crippen LogP) is 3.44. The topological polar surface area (TPSA) is 32.6 Å². The maximum absolute atomic E-state index is 8.47. The van der Waals surface area contributed by atoms with Crippen LogP contribution in [0.25, 0.3) is 0 Å². The van der Waals surface area contributed by atoms with Crippen molar-refractivity contribution in [2.24, 2.45) is 11.1 Å². The van der Waals surface area contributed by atoms with Gasteiger partial charge in [0.05, 0.1) is 5.71 Å². The molecule has 0 saturated heterocycles. The number of hydrogen-bond donors (Lipinski definition) is 1. The van der Waals surface area contributed by atoms with E-state index >= 15 is 0 Å². The molecule has 1 saturated carbocycles. The molecule has 1 aliphatic rings. The zero-order valence-corrected chi connectivity index (χ0v) is 8.51.